The first-order valence-corrected chi connectivity index (χ1v) is 19.1. The molecular weight excluding hydrogens is 689 g/mol. The maximum absolute atomic E-state index is 5.24. The second kappa shape index (κ2) is 14.0. The highest BCUT2D eigenvalue weighted by Crippen LogP contribution is 2.40. The molecule has 3 heterocycles. The number of nitrogens with zero attached hydrogens (tertiary/aromatic N) is 4. The van der Waals surface area contributed by atoms with E-state index in [4.69, 9.17) is 19.9 Å². The fourth-order valence-corrected chi connectivity index (χ4v) is 8.43. The minimum absolute atomic E-state index is 0.725. The molecule has 258 valence electrons. The molecule has 0 N–H and O–H groups in total. The molecule has 0 aliphatic carbocycles. The van der Waals surface area contributed by atoms with Crippen molar-refractivity contribution in [2.24, 2.45) is 0 Å². The van der Waals surface area contributed by atoms with Crippen LogP contribution in [-0.4, -0.2) is 19.9 Å². The van der Waals surface area contributed by atoms with Gasteiger partial charge in [0.15, 0.2) is 5.82 Å². The van der Waals surface area contributed by atoms with E-state index in [0.717, 1.165) is 88.8 Å². The van der Waals surface area contributed by atoms with Crippen molar-refractivity contribution >= 4 is 31.6 Å². The Hall–Kier alpha value is -7.08. The molecule has 0 fully saturated rings. The SMILES string of the molecule is c1ccc(-c2nccnc2-c2cccc(-c3cccc(-c4cccc(-c5cccc(-c6nc(-c7ccccc7)c7c(n6)sc6ccccc67)c5)c4)c3)c2)cc1. The molecule has 0 saturated carbocycles. The van der Waals surface area contributed by atoms with Gasteiger partial charge < -0.3 is 0 Å². The van der Waals surface area contributed by atoms with E-state index in [2.05, 4.69) is 158 Å². The number of thiophene rings is 1. The van der Waals surface area contributed by atoms with Crippen LogP contribution in [-0.2, 0) is 0 Å². The van der Waals surface area contributed by atoms with E-state index in [9.17, 15) is 0 Å². The molecule has 0 aliphatic heterocycles. The van der Waals surface area contributed by atoms with Crippen LogP contribution in [0.3, 0.4) is 0 Å². The fraction of sp³-hybridized carbons (Fsp3) is 0. The second-order valence-corrected chi connectivity index (χ2v) is 14.5. The molecule has 0 radical (unpaired) electrons. The summed E-state index contributed by atoms with van der Waals surface area (Å²) in [6.07, 6.45) is 3.52. The summed E-state index contributed by atoms with van der Waals surface area (Å²) in [5, 5.41) is 2.30. The van der Waals surface area contributed by atoms with Crippen molar-refractivity contribution < 1.29 is 0 Å². The average molecular weight is 721 g/mol. The highest BCUT2D eigenvalue weighted by Gasteiger charge is 2.17. The Kier molecular flexibility index (Phi) is 8.32. The summed E-state index contributed by atoms with van der Waals surface area (Å²) in [5.41, 5.74) is 13.7. The Bertz CT molecular complexity index is 2990. The summed E-state index contributed by atoms with van der Waals surface area (Å²) in [4.78, 5) is 20.8. The van der Waals surface area contributed by atoms with E-state index in [0.29, 0.717) is 0 Å². The van der Waals surface area contributed by atoms with Gasteiger partial charge in [-0.25, -0.2) is 9.97 Å². The zero-order valence-corrected chi connectivity index (χ0v) is 30.5. The molecule has 0 bridgehead atoms. The summed E-state index contributed by atoms with van der Waals surface area (Å²) >= 11 is 1.72. The van der Waals surface area contributed by atoms with Crippen molar-refractivity contribution in [2.45, 2.75) is 0 Å². The monoisotopic (exact) mass is 720 g/mol. The molecule has 5 heteroatoms. The van der Waals surface area contributed by atoms with E-state index in [-0.39, 0.29) is 0 Å². The molecule has 10 aromatic rings. The topological polar surface area (TPSA) is 51.6 Å². The predicted octanol–water partition coefficient (Wildman–Crippen LogP) is 13.3. The van der Waals surface area contributed by atoms with Crippen molar-refractivity contribution in [3.8, 4) is 78.5 Å². The van der Waals surface area contributed by atoms with Crippen LogP contribution in [0.1, 0.15) is 0 Å². The van der Waals surface area contributed by atoms with Crippen LogP contribution in [0.4, 0.5) is 0 Å². The maximum Gasteiger partial charge on any atom is 0.161 e. The average Bonchev–Trinajstić information content (AvgIpc) is 3.66. The van der Waals surface area contributed by atoms with E-state index < -0.39 is 0 Å². The van der Waals surface area contributed by atoms with E-state index in [1.165, 1.54) is 10.1 Å². The zero-order valence-electron chi connectivity index (χ0n) is 29.7. The minimum Gasteiger partial charge on any atom is -0.252 e. The Labute approximate surface area is 323 Å². The van der Waals surface area contributed by atoms with Gasteiger partial charge in [-0.2, -0.15) is 0 Å². The van der Waals surface area contributed by atoms with E-state index in [1.54, 1.807) is 23.7 Å². The summed E-state index contributed by atoms with van der Waals surface area (Å²) in [7, 11) is 0. The Morgan fingerprint density at radius 1 is 0.327 bits per heavy atom. The van der Waals surface area contributed by atoms with Gasteiger partial charge in [0.25, 0.3) is 0 Å². The minimum atomic E-state index is 0.725. The van der Waals surface area contributed by atoms with Crippen LogP contribution < -0.4 is 0 Å². The quantitative estimate of drug-likeness (QED) is 0.164. The first kappa shape index (κ1) is 32.6. The molecule has 0 saturated heterocycles. The normalized spacial score (nSPS) is 11.3. The molecule has 0 amide bonds. The molecule has 3 aromatic heterocycles. The van der Waals surface area contributed by atoms with Crippen LogP contribution in [0.25, 0.3) is 98.8 Å². The van der Waals surface area contributed by atoms with Crippen molar-refractivity contribution in [3.63, 3.8) is 0 Å². The van der Waals surface area contributed by atoms with Crippen LogP contribution in [0.5, 0.6) is 0 Å². The Balaban J connectivity index is 0.994. The van der Waals surface area contributed by atoms with Crippen molar-refractivity contribution in [1.29, 1.82) is 0 Å². The molecule has 0 unspecified atom stereocenters. The lowest BCUT2D eigenvalue weighted by molar-refractivity contribution is 1.21. The molecule has 7 aromatic carbocycles. The van der Waals surface area contributed by atoms with Gasteiger partial charge in [-0.05, 0) is 63.7 Å². The number of rotatable bonds is 7. The highest BCUT2D eigenvalue weighted by atomic mass is 32.1. The molecule has 10 rings (SSSR count). The molecule has 0 aliphatic rings. The molecule has 0 spiro atoms. The number of fused-ring (bicyclic) bond motifs is 3. The van der Waals surface area contributed by atoms with E-state index in [1.807, 2.05) is 24.3 Å². The third kappa shape index (κ3) is 6.27. The molecule has 55 heavy (non-hydrogen) atoms. The van der Waals surface area contributed by atoms with Gasteiger partial charge >= 0.3 is 0 Å². The van der Waals surface area contributed by atoms with Crippen LogP contribution in [0.2, 0.25) is 0 Å². The summed E-state index contributed by atoms with van der Waals surface area (Å²) in [6.45, 7) is 0. The van der Waals surface area contributed by atoms with Crippen LogP contribution in [0.15, 0.2) is 194 Å². The van der Waals surface area contributed by atoms with Crippen LogP contribution >= 0.6 is 11.3 Å². The number of aromatic nitrogens is 4. The molecule has 0 atom stereocenters. The number of hydrogen-bond acceptors (Lipinski definition) is 5. The van der Waals surface area contributed by atoms with E-state index >= 15 is 0 Å². The smallest absolute Gasteiger partial charge is 0.161 e. The third-order valence-electron chi connectivity index (χ3n) is 10.0. The summed E-state index contributed by atoms with van der Waals surface area (Å²) in [6, 6.07) is 63.8. The van der Waals surface area contributed by atoms with Crippen LogP contribution in [0, 0.1) is 0 Å². The lowest BCUT2D eigenvalue weighted by atomic mass is 9.94. The number of hydrogen-bond donors (Lipinski definition) is 0. The Morgan fingerprint density at radius 2 is 0.745 bits per heavy atom. The van der Waals surface area contributed by atoms with Gasteiger partial charge in [-0.1, -0.05) is 152 Å². The standard InChI is InChI=1S/C50H32N4S/c1-3-13-33(14-4-1)46-45-43-25-7-8-26-44(43)55-50(45)54-49(53-46)42-24-12-22-40(32-42)38-20-10-18-36(30-38)35-17-9-19-37(29-35)39-21-11-23-41(31-39)48-47(51-27-28-52-48)34-15-5-2-6-16-34/h1-32H. The first-order valence-electron chi connectivity index (χ1n) is 18.3. The van der Waals surface area contributed by atoms with Gasteiger partial charge in [0.1, 0.15) is 4.83 Å². The van der Waals surface area contributed by atoms with Gasteiger partial charge in [0.2, 0.25) is 0 Å². The largest absolute Gasteiger partial charge is 0.252 e. The zero-order chi connectivity index (χ0) is 36.6. The second-order valence-electron chi connectivity index (χ2n) is 13.5. The molecular formula is C50H32N4S. The number of benzene rings is 7. The van der Waals surface area contributed by atoms with Gasteiger partial charge in [-0.3, -0.25) is 9.97 Å². The summed E-state index contributed by atoms with van der Waals surface area (Å²) in [5.74, 6) is 0.725. The summed E-state index contributed by atoms with van der Waals surface area (Å²) < 4.78 is 1.21. The molecule has 4 nitrogen and oxygen atoms in total. The van der Waals surface area contributed by atoms with Crippen molar-refractivity contribution in [1.82, 2.24) is 19.9 Å². The predicted molar refractivity (Wildman–Crippen MR) is 229 cm³/mol. The lowest BCUT2D eigenvalue weighted by Crippen LogP contribution is -1.94. The first-order chi connectivity index (χ1) is 27.2. The lowest BCUT2D eigenvalue weighted by Gasteiger charge is -2.12. The van der Waals surface area contributed by atoms with Gasteiger partial charge in [-0.15, -0.1) is 11.3 Å². The Morgan fingerprint density at radius 3 is 1.33 bits per heavy atom. The van der Waals surface area contributed by atoms with Crippen molar-refractivity contribution in [3.05, 3.63) is 194 Å². The van der Waals surface area contributed by atoms with Crippen molar-refractivity contribution in [2.75, 3.05) is 0 Å². The third-order valence-corrected chi connectivity index (χ3v) is 11.1. The maximum atomic E-state index is 5.24. The highest BCUT2D eigenvalue weighted by molar-refractivity contribution is 7.25. The van der Waals surface area contributed by atoms with Gasteiger partial charge in [0, 0.05) is 50.1 Å². The fourth-order valence-electron chi connectivity index (χ4n) is 7.35. The van der Waals surface area contributed by atoms with Gasteiger partial charge in [0.05, 0.1) is 17.1 Å².